The summed E-state index contributed by atoms with van der Waals surface area (Å²) in [5.74, 6) is -0.746. The van der Waals surface area contributed by atoms with Gasteiger partial charge in [0.1, 0.15) is 6.73 Å². The Balaban J connectivity index is 2.18. The van der Waals surface area contributed by atoms with E-state index in [9.17, 15) is 9.59 Å². The van der Waals surface area contributed by atoms with E-state index in [1.165, 1.54) is 16.7 Å². The summed E-state index contributed by atoms with van der Waals surface area (Å²) >= 11 is 7.49. The number of aliphatic hydroxyl groups is 1. The fraction of sp³-hybridized carbons (Fsp3) is 0.429. The molecule has 0 bridgehead atoms. The summed E-state index contributed by atoms with van der Waals surface area (Å²) in [5.41, 5.74) is 0. The van der Waals surface area contributed by atoms with E-state index in [0.29, 0.717) is 5.02 Å². The molecule has 6 nitrogen and oxygen atoms in total. The number of aliphatic hydroxyl groups excluding tert-OH is 1. The topological polar surface area (TPSA) is 78.9 Å². The highest BCUT2D eigenvalue weighted by Gasteiger charge is 2.39. The maximum Gasteiger partial charge on any atom is 0.326 e. The second-order valence-electron chi connectivity index (χ2n) is 4.75. The van der Waals surface area contributed by atoms with E-state index in [-0.39, 0.29) is 25.9 Å². The van der Waals surface area contributed by atoms with Crippen molar-refractivity contribution in [2.45, 2.75) is 17.2 Å². The van der Waals surface area contributed by atoms with Crippen LogP contribution in [0.15, 0.2) is 29.2 Å². The number of benzene rings is 1. The number of halogens is 1. The van der Waals surface area contributed by atoms with Gasteiger partial charge in [0, 0.05) is 4.90 Å². The highest BCUT2D eigenvalue weighted by Crippen LogP contribution is 2.36. The smallest absolute Gasteiger partial charge is 0.326 e. The predicted octanol–water partition coefficient (Wildman–Crippen LogP) is 1.91. The molecule has 1 saturated heterocycles. The molecule has 1 fully saturated rings. The van der Waals surface area contributed by atoms with Crippen LogP contribution in [0.2, 0.25) is 5.02 Å². The molecule has 0 radical (unpaired) electrons. The lowest BCUT2D eigenvalue weighted by molar-refractivity contribution is -0.127. The van der Waals surface area contributed by atoms with Gasteiger partial charge in [-0.15, -0.1) is 0 Å². The van der Waals surface area contributed by atoms with E-state index >= 15 is 0 Å². The number of carbonyl (C=O) groups excluding carboxylic acids is 2. The van der Waals surface area contributed by atoms with E-state index < -0.39 is 17.3 Å². The first kappa shape index (κ1) is 17.1. The van der Waals surface area contributed by atoms with Crippen LogP contribution in [0.4, 0.5) is 4.79 Å². The van der Waals surface area contributed by atoms with Crippen LogP contribution in [-0.4, -0.2) is 47.3 Å². The third-order valence-corrected chi connectivity index (χ3v) is 5.15. The van der Waals surface area contributed by atoms with Gasteiger partial charge in [0.25, 0.3) is 0 Å². The van der Waals surface area contributed by atoms with Crippen molar-refractivity contribution in [3.63, 3.8) is 0 Å². The Kier molecular flexibility index (Phi) is 6.07. The van der Waals surface area contributed by atoms with Gasteiger partial charge in [0.2, 0.25) is 5.91 Å². The zero-order chi connectivity index (χ0) is 16.1. The third-order valence-electron chi connectivity index (χ3n) is 3.19. The first-order valence-corrected chi connectivity index (χ1v) is 8.01. The van der Waals surface area contributed by atoms with E-state index in [1.54, 1.807) is 13.0 Å². The summed E-state index contributed by atoms with van der Waals surface area (Å²) in [7, 11) is 0. The standard InChI is InChI=1S/C14H17ClN2O4S/c1-9-12(19)16-14(20)17(8-21-7-6-18)13(9)22-11-5-3-2-4-10(11)15/h2-5,9,13,18H,6-8H2,1H3,(H,16,19,20). The van der Waals surface area contributed by atoms with Crippen LogP contribution in [0, 0.1) is 5.92 Å². The Morgan fingerprint density at radius 2 is 2.14 bits per heavy atom. The number of amides is 3. The Hall–Kier alpha value is -1.28. The van der Waals surface area contributed by atoms with Crippen LogP contribution < -0.4 is 5.32 Å². The van der Waals surface area contributed by atoms with Gasteiger partial charge in [0.15, 0.2) is 0 Å². The minimum absolute atomic E-state index is 0.00780. The van der Waals surface area contributed by atoms with Crippen LogP contribution in [-0.2, 0) is 9.53 Å². The lowest BCUT2D eigenvalue weighted by Crippen LogP contribution is -2.58. The largest absolute Gasteiger partial charge is 0.394 e. The minimum atomic E-state index is -0.509. The first-order chi connectivity index (χ1) is 10.5. The normalized spacial score (nSPS) is 21.9. The summed E-state index contributed by atoms with van der Waals surface area (Å²) in [5, 5.41) is 11.2. The van der Waals surface area contributed by atoms with Crippen molar-refractivity contribution < 1.29 is 19.4 Å². The van der Waals surface area contributed by atoms with Gasteiger partial charge in [-0.3, -0.25) is 15.0 Å². The van der Waals surface area contributed by atoms with Crippen molar-refractivity contribution in [3.8, 4) is 0 Å². The van der Waals surface area contributed by atoms with Gasteiger partial charge in [-0.05, 0) is 12.1 Å². The zero-order valence-corrected chi connectivity index (χ0v) is 13.6. The van der Waals surface area contributed by atoms with Crippen molar-refractivity contribution in [1.82, 2.24) is 10.2 Å². The SMILES string of the molecule is CC1C(=O)NC(=O)N(COCCO)C1Sc1ccccc1Cl. The van der Waals surface area contributed by atoms with Crippen LogP contribution in [0.25, 0.3) is 0 Å². The van der Waals surface area contributed by atoms with Crippen molar-refractivity contribution >= 4 is 35.3 Å². The van der Waals surface area contributed by atoms with Gasteiger partial charge >= 0.3 is 6.03 Å². The number of ether oxygens (including phenoxy) is 1. The van der Waals surface area contributed by atoms with Crippen molar-refractivity contribution in [2.75, 3.05) is 19.9 Å². The Bertz CT molecular complexity index is 557. The number of thioether (sulfide) groups is 1. The molecular formula is C14H17ClN2O4S. The molecule has 1 heterocycles. The molecule has 2 atom stereocenters. The number of nitrogens with zero attached hydrogens (tertiary/aromatic N) is 1. The molecule has 3 amide bonds. The molecule has 120 valence electrons. The lowest BCUT2D eigenvalue weighted by atomic mass is 10.1. The summed E-state index contributed by atoms with van der Waals surface area (Å²) in [6.07, 6.45) is 0. The molecule has 0 saturated carbocycles. The monoisotopic (exact) mass is 344 g/mol. The Morgan fingerprint density at radius 1 is 1.41 bits per heavy atom. The molecule has 1 aliphatic heterocycles. The molecule has 2 unspecified atom stereocenters. The molecule has 0 aromatic heterocycles. The quantitative estimate of drug-likeness (QED) is 0.771. The van der Waals surface area contributed by atoms with E-state index in [1.807, 2.05) is 18.2 Å². The van der Waals surface area contributed by atoms with Crippen molar-refractivity contribution in [3.05, 3.63) is 29.3 Å². The molecule has 1 aromatic carbocycles. The van der Waals surface area contributed by atoms with E-state index in [2.05, 4.69) is 5.32 Å². The minimum Gasteiger partial charge on any atom is -0.394 e. The molecule has 22 heavy (non-hydrogen) atoms. The number of imide groups is 1. The molecule has 1 aliphatic rings. The molecule has 0 aliphatic carbocycles. The molecule has 2 N–H and O–H groups in total. The van der Waals surface area contributed by atoms with Crippen molar-refractivity contribution in [1.29, 1.82) is 0 Å². The maximum absolute atomic E-state index is 12.0. The second-order valence-corrected chi connectivity index (χ2v) is 6.32. The van der Waals surface area contributed by atoms with E-state index in [0.717, 1.165) is 4.90 Å². The Morgan fingerprint density at radius 3 is 2.82 bits per heavy atom. The van der Waals surface area contributed by atoms with Crippen LogP contribution >= 0.6 is 23.4 Å². The second kappa shape index (κ2) is 7.82. The fourth-order valence-corrected chi connectivity index (χ4v) is 3.48. The summed E-state index contributed by atoms with van der Waals surface area (Å²) in [6, 6.07) is 6.74. The first-order valence-electron chi connectivity index (χ1n) is 6.76. The number of rotatable bonds is 6. The molecule has 0 spiro atoms. The summed E-state index contributed by atoms with van der Waals surface area (Å²) in [4.78, 5) is 26.1. The number of urea groups is 1. The predicted molar refractivity (Wildman–Crippen MR) is 83.5 cm³/mol. The maximum atomic E-state index is 12.0. The summed E-state index contributed by atoms with van der Waals surface area (Å²) < 4.78 is 5.23. The average Bonchev–Trinajstić information content (AvgIpc) is 2.49. The van der Waals surface area contributed by atoms with Gasteiger partial charge in [-0.1, -0.05) is 42.4 Å². The number of hydrogen-bond donors (Lipinski definition) is 2. The molecule has 8 heteroatoms. The highest BCUT2D eigenvalue weighted by atomic mass is 35.5. The summed E-state index contributed by atoms with van der Waals surface area (Å²) in [6.45, 7) is 1.73. The van der Waals surface area contributed by atoms with Gasteiger partial charge in [-0.25, -0.2) is 4.79 Å². The lowest BCUT2D eigenvalue weighted by Gasteiger charge is -2.38. The van der Waals surface area contributed by atoms with Crippen LogP contribution in [0.1, 0.15) is 6.92 Å². The number of carbonyl (C=O) groups is 2. The zero-order valence-electron chi connectivity index (χ0n) is 12.0. The molecular weight excluding hydrogens is 328 g/mol. The van der Waals surface area contributed by atoms with Crippen LogP contribution in [0.5, 0.6) is 0 Å². The third kappa shape index (κ3) is 3.92. The molecule has 1 aromatic rings. The van der Waals surface area contributed by atoms with Crippen molar-refractivity contribution in [2.24, 2.45) is 5.92 Å². The fourth-order valence-electron chi connectivity index (χ4n) is 2.00. The van der Waals surface area contributed by atoms with E-state index in [4.69, 9.17) is 21.4 Å². The van der Waals surface area contributed by atoms with Gasteiger partial charge < -0.3 is 9.84 Å². The highest BCUT2D eigenvalue weighted by molar-refractivity contribution is 8.00. The number of nitrogens with one attached hydrogen (secondary N) is 1. The Labute approximate surface area is 137 Å². The number of hydrogen-bond acceptors (Lipinski definition) is 5. The van der Waals surface area contributed by atoms with Gasteiger partial charge in [0.05, 0.1) is 29.5 Å². The van der Waals surface area contributed by atoms with Gasteiger partial charge in [-0.2, -0.15) is 0 Å². The van der Waals surface area contributed by atoms with Crippen LogP contribution in [0.3, 0.4) is 0 Å². The molecule has 2 rings (SSSR count). The average molecular weight is 345 g/mol.